The number of nitrogens with one attached hydrogen (secondary N) is 2. The molecule has 0 aliphatic heterocycles. The van der Waals surface area contributed by atoms with Crippen molar-refractivity contribution < 1.29 is 24.2 Å². The number of unbranched alkanes of at least 4 members (excludes halogenated alkanes) is 1. The highest BCUT2D eigenvalue weighted by Gasteiger charge is 2.33. The van der Waals surface area contributed by atoms with E-state index in [4.69, 9.17) is 4.74 Å². The minimum atomic E-state index is -0.976. The number of thiol groups is 1. The van der Waals surface area contributed by atoms with Crippen LogP contribution >= 0.6 is 12.6 Å². The SMILES string of the molecule is CCCCNC(=O)C(c1ccc(O)cc1)N(C)C(=O)C(CS)NC(=O)OC(C)(C)C. The highest BCUT2D eigenvalue weighted by Crippen LogP contribution is 2.23. The zero-order valence-electron chi connectivity index (χ0n) is 18.3. The van der Waals surface area contributed by atoms with E-state index in [0.29, 0.717) is 12.1 Å². The van der Waals surface area contributed by atoms with E-state index in [1.165, 1.54) is 24.1 Å². The summed E-state index contributed by atoms with van der Waals surface area (Å²) in [5.41, 5.74) is -0.179. The number of nitrogens with zero attached hydrogens (tertiary/aromatic N) is 1. The third-order valence-electron chi connectivity index (χ3n) is 4.19. The number of phenols is 1. The first kappa shape index (κ1) is 25.6. The van der Waals surface area contributed by atoms with Crippen molar-refractivity contribution in [3.63, 3.8) is 0 Å². The number of benzene rings is 1. The quantitative estimate of drug-likeness (QED) is 0.349. The molecule has 0 saturated carbocycles. The summed E-state index contributed by atoms with van der Waals surface area (Å²) >= 11 is 4.17. The molecule has 0 fully saturated rings. The van der Waals surface area contributed by atoms with Crippen LogP contribution in [0.2, 0.25) is 0 Å². The van der Waals surface area contributed by atoms with Gasteiger partial charge in [0.2, 0.25) is 11.8 Å². The number of hydrogen-bond donors (Lipinski definition) is 4. The number of rotatable bonds is 9. The van der Waals surface area contributed by atoms with Gasteiger partial charge in [-0.2, -0.15) is 12.6 Å². The third-order valence-corrected chi connectivity index (χ3v) is 4.56. The lowest BCUT2D eigenvalue weighted by Crippen LogP contribution is -2.52. The second kappa shape index (κ2) is 11.7. The van der Waals surface area contributed by atoms with Gasteiger partial charge in [0, 0.05) is 19.3 Å². The molecule has 0 aliphatic carbocycles. The van der Waals surface area contributed by atoms with Gasteiger partial charge in [-0.15, -0.1) is 0 Å². The summed E-state index contributed by atoms with van der Waals surface area (Å²) in [6.45, 7) is 7.66. The van der Waals surface area contributed by atoms with Gasteiger partial charge in [0.05, 0.1) is 0 Å². The van der Waals surface area contributed by atoms with Gasteiger partial charge in [-0.25, -0.2) is 4.79 Å². The molecule has 1 aromatic rings. The van der Waals surface area contributed by atoms with Crippen LogP contribution in [0.5, 0.6) is 5.75 Å². The van der Waals surface area contributed by atoms with Gasteiger partial charge in [0.1, 0.15) is 23.4 Å². The maximum Gasteiger partial charge on any atom is 0.408 e. The summed E-state index contributed by atoms with van der Waals surface area (Å²) in [7, 11) is 1.49. The van der Waals surface area contributed by atoms with Crippen molar-refractivity contribution >= 4 is 30.5 Å². The maximum atomic E-state index is 13.1. The molecular weight excluding hydrogens is 406 g/mol. The molecule has 0 radical (unpaired) electrons. The maximum absolute atomic E-state index is 13.1. The Morgan fingerprint density at radius 2 is 1.80 bits per heavy atom. The third kappa shape index (κ3) is 8.14. The Morgan fingerprint density at radius 1 is 1.20 bits per heavy atom. The molecule has 9 heteroatoms. The smallest absolute Gasteiger partial charge is 0.408 e. The highest BCUT2D eigenvalue weighted by atomic mass is 32.1. The van der Waals surface area contributed by atoms with Crippen LogP contribution in [0.4, 0.5) is 4.79 Å². The van der Waals surface area contributed by atoms with Gasteiger partial charge in [-0.3, -0.25) is 9.59 Å². The number of hydrogen-bond acceptors (Lipinski definition) is 6. The van der Waals surface area contributed by atoms with E-state index >= 15 is 0 Å². The summed E-state index contributed by atoms with van der Waals surface area (Å²) in [4.78, 5) is 39.3. The fourth-order valence-electron chi connectivity index (χ4n) is 2.70. The zero-order chi connectivity index (χ0) is 22.9. The first-order valence-corrected chi connectivity index (χ1v) is 10.6. The van der Waals surface area contributed by atoms with Gasteiger partial charge < -0.3 is 25.4 Å². The molecule has 30 heavy (non-hydrogen) atoms. The molecule has 0 heterocycles. The van der Waals surface area contributed by atoms with Crippen LogP contribution in [0, 0.1) is 0 Å². The lowest BCUT2D eigenvalue weighted by atomic mass is 10.0. The fraction of sp³-hybridized carbons (Fsp3) is 0.571. The summed E-state index contributed by atoms with van der Waals surface area (Å²) in [5, 5.41) is 14.9. The van der Waals surface area contributed by atoms with Crippen molar-refractivity contribution in [2.75, 3.05) is 19.3 Å². The van der Waals surface area contributed by atoms with Gasteiger partial charge in [-0.05, 0) is 44.9 Å². The van der Waals surface area contributed by atoms with E-state index < -0.39 is 29.7 Å². The number of phenolic OH excluding ortho intramolecular Hbond substituents is 1. The lowest BCUT2D eigenvalue weighted by Gasteiger charge is -2.31. The summed E-state index contributed by atoms with van der Waals surface area (Å²) in [5.74, 6) is -0.750. The van der Waals surface area contributed by atoms with E-state index in [1.807, 2.05) is 6.92 Å². The van der Waals surface area contributed by atoms with Crippen molar-refractivity contribution in [2.45, 2.75) is 58.2 Å². The van der Waals surface area contributed by atoms with Crippen molar-refractivity contribution in [3.05, 3.63) is 29.8 Å². The summed E-state index contributed by atoms with van der Waals surface area (Å²) < 4.78 is 5.21. The Bertz CT molecular complexity index is 718. The monoisotopic (exact) mass is 439 g/mol. The molecule has 168 valence electrons. The molecule has 0 bridgehead atoms. The predicted octanol–water partition coefficient (Wildman–Crippen LogP) is 2.63. The van der Waals surface area contributed by atoms with Crippen LogP contribution in [0.25, 0.3) is 0 Å². The van der Waals surface area contributed by atoms with E-state index in [2.05, 4.69) is 23.3 Å². The van der Waals surface area contributed by atoms with E-state index in [0.717, 1.165) is 12.8 Å². The Hall–Kier alpha value is -2.42. The second-order valence-corrected chi connectivity index (χ2v) is 8.33. The standard InChI is InChI=1S/C21H33N3O5S/c1-6-7-12-22-18(26)17(14-8-10-15(25)11-9-14)24(5)19(27)16(13-30)23-20(28)29-21(2,3)4/h8-11,16-17,25,30H,6-7,12-13H2,1-5H3,(H,22,26)(H,23,28). The lowest BCUT2D eigenvalue weighted by molar-refractivity contribution is -0.140. The first-order chi connectivity index (χ1) is 14.0. The van der Waals surface area contributed by atoms with Crippen LogP contribution in [0.15, 0.2) is 24.3 Å². The number of carbonyl (C=O) groups is 3. The van der Waals surface area contributed by atoms with Gasteiger partial charge in [0.25, 0.3) is 0 Å². The molecule has 0 aliphatic rings. The molecule has 0 saturated heterocycles. The first-order valence-electron chi connectivity index (χ1n) is 9.93. The van der Waals surface area contributed by atoms with Gasteiger partial charge in [-0.1, -0.05) is 25.5 Å². The zero-order valence-corrected chi connectivity index (χ0v) is 19.2. The molecule has 3 N–H and O–H groups in total. The number of likely N-dealkylation sites (N-methyl/N-ethyl adjacent to an activating group) is 1. The fourth-order valence-corrected chi connectivity index (χ4v) is 2.95. The molecule has 3 amide bonds. The summed E-state index contributed by atoms with van der Waals surface area (Å²) in [6, 6.07) is 4.17. The second-order valence-electron chi connectivity index (χ2n) is 7.97. The largest absolute Gasteiger partial charge is 0.508 e. The van der Waals surface area contributed by atoms with E-state index in [1.54, 1.807) is 32.9 Å². The molecular formula is C21H33N3O5S. The van der Waals surface area contributed by atoms with E-state index in [9.17, 15) is 19.5 Å². The van der Waals surface area contributed by atoms with Crippen molar-refractivity contribution in [1.82, 2.24) is 15.5 Å². The molecule has 2 unspecified atom stereocenters. The Kier molecular flexibility index (Phi) is 9.98. The number of carbonyl (C=O) groups excluding carboxylic acids is 3. The normalized spacial score (nSPS) is 13.1. The van der Waals surface area contributed by atoms with Crippen LogP contribution in [-0.4, -0.2) is 58.9 Å². The number of ether oxygens (including phenoxy) is 1. The molecule has 1 rings (SSSR count). The molecule has 1 aromatic carbocycles. The molecule has 0 aromatic heterocycles. The van der Waals surface area contributed by atoms with Crippen molar-refractivity contribution in [1.29, 1.82) is 0 Å². The Balaban J connectivity index is 3.06. The minimum Gasteiger partial charge on any atom is -0.508 e. The summed E-state index contributed by atoms with van der Waals surface area (Å²) in [6.07, 6.45) is 0.989. The van der Waals surface area contributed by atoms with Crippen molar-refractivity contribution in [2.24, 2.45) is 0 Å². The van der Waals surface area contributed by atoms with Gasteiger partial charge in [0.15, 0.2) is 0 Å². The predicted molar refractivity (Wildman–Crippen MR) is 119 cm³/mol. The average Bonchev–Trinajstić information content (AvgIpc) is 2.66. The van der Waals surface area contributed by atoms with Crippen LogP contribution in [-0.2, 0) is 14.3 Å². The molecule has 2 atom stereocenters. The Labute approximate surface area is 183 Å². The topological polar surface area (TPSA) is 108 Å². The number of amides is 3. The number of alkyl carbamates (subject to hydrolysis) is 1. The van der Waals surface area contributed by atoms with E-state index in [-0.39, 0.29) is 17.4 Å². The van der Waals surface area contributed by atoms with Crippen LogP contribution in [0.1, 0.15) is 52.1 Å². The minimum absolute atomic E-state index is 0.0299. The number of aromatic hydroxyl groups is 1. The average molecular weight is 440 g/mol. The highest BCUT2D eigenvalue weighted by molar-refractivity contribution is 7.80. The Morgan fingerprint density at radius 3 is 2.30 bits per heavy atom. The van der Waals surface area contributed by atoms with Crippen molar-refractivity contribution in [3.8, 4) is 5.75 Å². The van der Waals surface area contributed by atoms with Crippen LogP contribution < -0.4 is 10.6 Å². The molecule has 0 spiro atoms. The van der Waals surface area contributed by atoms with Crippen LogP contribution in [0.3, 0.4) is 0 Å². The van der Waals surface area contributed by atoms with Gasteiger partial charge >= 0.3 is 6.09 Å². The molecule has 8 nitrogen and oxygen atoms in total.